The van der Waals surface area contributed by atoms with Crippen LogP contribution < -0.4 is 25.6 Å². The Morgan fingerprint density at radius 2 is 1.49 bits per heavy atom. The first-order valence-electron chi connectivity index (χ1n) is 19.7. The molecule has 1 aliphatic rings. The number of methoxy groups -OCH3 is 1. The van der Waals surface area contributed by atoms with Crippen LogP contribution in [0.4, 0.5) is 15.3 Å². The second kappa shape index (κ2) is 22.6. The van der Waals surface area contributed by atoms with E-state index >= 15 is 0 Å². The number of nitriles is 1. The van der Waals surface area contributed by atoms with Crippen molar-refractivity contribution in [2.45, 2.75) is 49.5 Å². The number of piperidine rings is 1. The zero-order valence-corrected chi connectivity index (χ0v) is 36.2. The van der Waals surface area contributed by atoms with Crippen molar-refractivity contribution in [2.24, 2.45) is 0 Å². The van der Waals surface area contributed by atoms with E-state index in [0.717, 1.165) is 60.3 Å². The van der Waals surface area contributed by atoms with Gasteiger partial charge in [-0.05, 0) is 91.0 Å². The number of carbonyl (C=O) groups excluding carboxylic acids is 3. The van der Waals surface area contributed by atoms with Crippen molar-refractivity contribution in [2.75, 3.05) is 52.3 Å². The number of carboxylic acids is 3. The number of halogens is 2. The smallest absolute Gasteiger partial charge is 0.336 e. The number of hydrogen-bond donors (Lipinski definition) is 7. The van der Waals surface area contributed by atoms with E-state index in [9.17, 15) is 34.0 Å². The summed E-state index contributed by atoms with van der Waals surface area (Å²) in [6, 6.07) is 23.4. The monoisotopic (exact) mass is 906 g/mol. The minimum atomic E-state index is -2.74. The van der Waals surface area contributed by atoms with E-state index in [2.05, 4.69) is 26.9 Å². The number of ether oxygens (including phenoxy) is 1. The molecular weight excluding hydrogens is 859 g/mol. The van der Waals surface area contributed by atoms with Gasteiger partial charge in [-0.25, -0.2) is 19.3 Å². The molecule has 0 unspecified atom stereocenters. The molecule has 0 radical (unpaired) electrons. The van der Waals surface area contributed by atoms with Gasteiger partial charge in [0.2, 0.25) is 0 Å². The van der Waals surface area contributed by atoms with Gasteiger partial charge in [-0.2, -0.15) is 5.26 Å². The molecular formula is C44H48Cl2N6O11. The van der Waals surface area contributed by atoms with Crippen LogP contribution in [0.5, 0.6) is 5.75 Å². The van der Waals surface area contributed by atoms with Crippen LogP contribution in [0, 0.1) is 11.3 Å². The molecule has 1 heterocycles. The van der Waals surface area contributed by atoms with E-state index in [-0.39, 0.29) is 23.5 Å². The third kappa shape index (κ3) is 12.6. The zero-order valence-electron chi connectivity index (χ0n) is 34.7. The summed E-state index contributed by atoms with van der Waals surface area (Å²) in [7, 11) is 4.46. The molecule has 0 saturated carbocycles. The number of hydrogen-bond acceptors (Lipinski definition) is 10. The number of carboxylic acid groups (broad SMARTS) is 3. The number of urea groups is 2. The van der Waals surface area contributed by atoms with Crippen molar-refractivity contribution >= 4 is 75.5 Å². The largest absolute Gasteiger partial charge is 0.495 e. The topological polar surface area (TPSA) is 259 Å². The van der Waals surface area contributed by atoms with Crippen LogP contribution in [0.15, 0.2) is 72.8 Å². The second-order valence-electron chi connectivity index (χ2n) is 14.6. The summed E-state index contributed by atoms with van der Waals surface area (Å²) < 4.78 is 5.58. The van der Waals surface area contributed by atoms with Gasteiger partial charge in [0.05, 0.1) is 46.8 Å². The summed E-state index contributed by atoms with van der Waals surface area (Å²) in [5, 5.41) is 54.2. The summed E-state index contributed by atoms with van der Waals surface area (Å²) in [6.07, 6.45) is 0.144. The number of likely N-dealkylation sites (tertiary alicyclic amines) is 1. The standard InChI is InChI=1S/C38H40Cl2N6O4.C6H8O7/c1-42-37(48)46(38(49)43-2)33-11-7-6-9-29(33)24-14-17-45(18-15-24)19-16-27(25-12-13-31(39)32(40)21-25)23-44-36(47)34-30-10-5-4-8-26(30)20-28(22-41)35(34)50-3;7-3(8)1-6(13,5(11)12)2-4(9)10/h4-13,20-21,24,27H,14-19,23H2,1-3H3,(H,42,48)(H,43,49)(H,44,47);13H,1-2H2,(H,7,8)(H,9,10)(H,11,12)/t27-;/m1./s1. The number of fused-ring (bicyclic) bond motifs is 1. The number of rotatable bonds is 15. The first kappa shape index (κ1) is 49.2. The van der Waals surface area contributed by atoms with E-state index in [0.29, 0.717) is 38.8 Å². The Morgan fingerprint density at radius 3 is 2.05 bits per heavy atom. The van der Waals surface area contributed by atoms with Crippen molar-refractivity contribution in [1.29, 1.82) is 5.26 Å². The summed E-state index contributed by atoms with van der Waals surface area (Å²) >= 11 is 12.7. The minimum Gasteiger partial charge on any atom is -0.495 e. The maximum atomic E-state index is 13.8. The molecule has 5 rings (SSSR count). The van der Waals surface area contributed by atoms with E-state index in [1.54, 1.807) is 18.2 Å². The number of aliphatic hydroxyl groups is 1. The first-order chi connectivity index (χ1) is 30.0. The maximum absolute atomic E-state index is 13.8. The van der Waals surface area contributed by atoms with Gasteiger partial charge in [-0.1, -0.05) is 71.7 Å². The lowest BCUT2D eigenvalue weighted by Gasteiger charge is -2.34. The fourth-order valence-corrected chi connectivity index (χ4v) is 7.70. The summed E-state index contributed by atoms with van der Waals surface area (Å²) in [4.78, 5) is 73.2. The number of benzene rings is 4. The van der Waals surface area contributed by atoms with E-state index in [4.69, 9.17) is 48.4 Å². The summed E-state index contributed by atoms with van der Waals surface area (Å²) in [5.74, 6) is -5.03. The molecule has 1 atom stereocenters. The van der Waals surface area contributed by atoms with E-state index in [1.807, 2.05) is 54.6 Å². The Bertz CT molecular complexity index is 2350. The van der Waals surface area contributed by atoms with Gasteiger partial charge in [-0.15, -0.1) is 0 Å². The molecule has 19 heteroatoms. The van der Waals surface area contributed by atoms with Crippen molar-refractivity contribution in [3.05, 3.63) is 105 Å². The van der Waals surface area contributed by atoms with Gasteiger partial charge < -0.3 is 46.0 Å². The first-order valence-corrected chi connectivity index (χ1v) is 20.4. The van der Waals surface area contributed by atoms with Crippen molar-refractivity contribution < 1.29 is 53.9 Å². The third-order valence-electron chi connectivity index (χ3n) is 10.6. The van der Waals surface area contributed by atoms with Gasteiger partial charge in [-0.3, -0.25) is 14.4 Å². The Hall–Kier alpha value is -6.45. The Morgan fingerprint density at radius 1 is 0.889 bits per heavy atom. The highest BCUT2D eigenvalue weighted by Crippen LogP contribution is 2.36. The molecule has 0 spiro atoms. The Kier molecular flexibility index (Phi) is 17.6. The van der Waals surface area contributed by atoms with E-state index < -0.39 is 48.4 Å². The van der Waals surface area contributed by atoms with Gasteiger partial charge in [0.1, 0.15) is 11.8 Å². The summed E-state index contributed by atoms with van der Waals surface area (Å²) in [5.41, 5.74) is 0.359. The molecule has 1 saturated heterocycles. The van der Waals surface area contributed by atoms with Crippen LogP contribution in [0.1, 0.15) is 71.0 Å². The van der Waals surface area contributed by atoms with Crippen molar-refractivity contribution in [3.63, 3.8) is 0 Å². The molecule has 334 valence electrons. The number of anilines is 1. The molecule has 0 aromatic heterocycles. The molecule has 4 aromatic rings. The number of para-hydroxylation sites is 1. The highest BCUT2D eigenvalue weighted by atomic mass is 35.5. The molecule has 0 bridgehead atoms. The van der Waals surface area contributed by atoms with Crippen LogP contribution in [0.2, 0.25) is 10.0 Å². The second-order valence-corrected chi connectivity index (χ2v) is 15.4. The lowest BCUT2D eigenvalue weighted by atomic mass is 9.87. The molecule has 7 N–H and O–H groups in total. The van der Waals surface area contributed by atoms with Crippen LogP contribution in [-0.4, -0.2) is 114 Å². The van der Waals surface area contributed by atoms with Crippen LogP contribution in [0.3, 0.4) is 0 Å². The SMILES string of the molecule is CNC(=O)N(C(=O)NC)c1ccccc1C1CCN(CC[C@H](CNC(=O)c2c(OC)c(C#N)cc3ccccc23)c2ccc(Cl)c(Cl)c2)CC1.O=C(O)CC(O)(CC(=O)O)C(=O)O. The highest BCUT2D eigenvalue weighted by molar-refractivity contribution is 6.42. The normalized spacial score (nSPS) is 13.3. The average molecular weight is 908 g/mol. The van der Waals surface area contributed by atoms with Crippen LogP contribution in [0.25, 0.3) is 10.8 Å². The maximum Gasteiger partial charge on any atom is 0.336 e. The lowest BCUT2D eigenvalue weighted by Crippen LogP contribution is -2.47. The highest BCUT2D eigenvalue weighted by Gasteiger charge is 2.41. The number of nitrogens with zero attached hydrogens (tertiary/aromatic N) is 3. The average Bonchev–Trinajstić information content (AvgIpc) is 3.26. The Balaban J connectivity index is 0.000000580. The van der Waals surface area contributed by atoms with Crippen LogP contribution >= 0.6 is 23.2 Å². The molecule has 1 aliphatic heterocycles. The quantitative estimate of drug-likeness (QED) is 0.0718. The number of amides is 5. The van der Waals surface area contributed by atoms with Gasteiger partial charge in [0, 0.05) is 26.6 Å². The predicted octanol–water partition coefficient (Wildman–Crippen LogP) is 6.05. The number of imide groups is 1. The molecule has 17 nitrogen and oxygen atoms in total. The molecule has 4 aromatic carbocycles. The fraction of sp³-hybridized carbons (Fsp3) is 0.341. The van der Waals surface area contributed by atoms with Gasteiger partial charge in [0.25, 0.3) is 5.91 Å². The zero-order chi connectivity index (χ0) is 46.4. The van der Waals surface area contributed by atoms with Crippen molar-refractivity contribution in [3.8, 4) is 11.8 Å². The van der Waals surface area contributed by atoms with Crippen molar-refractivity contribution in [1.82, 2.24) is 20.9 Å². The molecule has 5 amide bonds. The lowest BCUT2D eigenvalue weighted by molar-refractivity contribution is -0.170. The Labute approximate surface area is 373 Å². The van der Waals surface area contributed by atoms with Gasteiger partial charge >= 0.3 is 30.0 Å². The third-order valence-corrected chi connectivity index (χ3v) is 11.3. The van der Waals surface area contributed by atoms with Gasteiger partial charge in [0.15, 0.2) is 5.60 Å². The number of aliphatic carboxylic acids is 3. The molecule has 1 fully saturated rings. The number of carbonyl (C=O) groups is 6. The fourth-order valence-electron chi connectivity index (χ4n) is 7.40. The van der Waals surface area contributed by atoms with Crippen LogP contribution in [-0.2, 0) is 14.4 Å². The number of nitrogens with one attached hydrogen (secondary N) is 3. The minimum absolute atomic E-state index is 0.0859. The molecule has 63 heavy (non-hydrogen) atoms. The summed E-state index contributed by atoms with van der Waals surface area (Å²) in [6.45, 7) is 2.74. The van der Waals surface area contributed by atoms with E-state index in [1.165, 1.54) is 21.2 Å². The molecule has 0 aliphatic carbocycles. The predicted molar refractivity (Wildman–Crippen MR) is 235 cm³/mol.